The standard InChI is InChI=1S/C20H21ClN2O3/c1-2-25-19(24)11-15-6-3-13-9-12(5-8-18(13)26-15)16-7-4-14(20(22)23)10-17(16)21/h4-5,7-10,15H,2-3,6,11H2,1H3,(H3,22,23). The number of carbonyl (C=O) groups is 1. The van der Waals surface area contributed by atoms with Crippen molar-refractivity contribution in [1.82, 2.24) is 0 Å². The summed E-state index contributed by atoms with van der Waals surface area (Å²) in [4.78, 5) is 11.6. The summed E-state index contributed by atoms with van der Waals surface area (Å²) in [5, 5.41) is 8.05. The number of nitrogens with two attached hydrogens (primary N) is 1. The highest BCUT2D eigenvalue weighted by Crippen LogP contribution is 2.35. The molecule has 3 rings (SSSR count). The van der Waals surface area contributed by atoms with Crippen LogP contribution in [0.2, 0.25) is 5.02 Å². The van der Waals surface area contributed by atoms with Gasteiger partial charge < -0.3 is 15.2 Å². The zero-order chi connectivity index (χ0) is 18.7. The van der Waals surface area contributed by atoms with Gasteiger partial charge in [-0.15, -0.1) is 0 Å². The molecule has 1 aliphatic heterocycles. The summed E-state index contributed by atoms with van der Waals surface area (Å²) in [6, 6.07) is 11.3. The number of amidine groups is 1. The lowest BCUT2D eigenvalue weighted by Gasteiger charge is -2.26. The Morgan fingerprint density at radius 3 is 2.85 bits per heavy atom. The molecule has 1 atom stereocenters. The molecule has 1 unspecified atom stereocenters. The van der Waals surface area contributed by atoms with Crippen molar-refractivity contribution in [2.75, 3.05) is 6.61 Å². The number of carbonyl (C=O) groups excluding carboxylic acids is 1. The van der Waals surface area contributed by atoms with Crippen LogP contribution in [0.4, 0.5) is 0 Å². The number of fused-ring (bicyclic) bond motifs is 1. The third-order valence-corrected chi connectivity index (χ3v) is 4.69. The molecule has 0 fully saturated rings. The maximum atomic E-state index is 11.6. The number of ether oxygens (including phenoxy) is 2. The van der Waals surface area contributed by atoms with Gasteiger partial charge in [0.25, 0.3) is 0 Å². The summed E-state index contributed by atoms with van der Waals surface area (Å²) in [6.07, 6.45) is 1.72. The molecule has 6 heteroatoms. The molecule has 5 nitrogen and oxygen atoms in total. The Balaban J connectivity index is 1.79. The fraction of sp³-hybridized carbons (Fsp3) is 0.300. The van der Waals surface area contributed by atoms with E-state index in [9.17, 15) is 4.79 Å². The van der Waals surface area contributed by atoms with Crippen molar-refractivity contribution >= 4 is 23.4 Å². The molecule has 3 N–H and O–H groups in total. The first kappa shape index (κ1) is 18.3. The monoisotopic (exact) mass is 372 g/mol. The smallest absolute Gasteiger partial charge is 0.309 e. The lowest BCUT2D eigenvalue weighted by molar-refractivity contribution is -0.145. The van der Waals surface area contributed by atoms with Crippen molar-refractivity contribution in [3.05, 3.63) is 52.5 Å². The molecule has 2 aromatic rings. The van der Waals surface area contributed by atoms with Gasteiger partial charge in [0.2, 0.25) is 0 Å². The number of aryl methyl sites for hydroxylation is 1. The van der Waals surface area contributed by atoms with E-state index >= 15 is 0 Å². The number of rotatable bonds is 5. The Kier molecular flexibility index (Phi) is 5.47. The third kappa shape index (κ3) is 3.99. The first-order chi connectivity index (χ1) is 12.5. The molecule has 0 radical (unpaired) electrons. The van der Waals surface area contributed by atoms with Gasteiger partial charge in [-0.05, 0) is 49.1 Å². The second-order valence-corrected chi connectivity index (χ2v) is 6.63. The highest BCUT2D eigenvalue weighted by Gasteiger charge is 2.23. The van der Waals surface area contributed by atoms with Crippen LogP contribution in [0.5, 0.6) is 5.75 Å². The van der Waals surface area contributed by atoms with Crippen LogP contribution in [0.3, 0.4) is 0 Å². The number of nitrogens with one attached hydrogen (secondary N) is 1. The lowest BCUT2D eigenvalue weighted by Crippen LogP contribution is -2.26. The van der Waals surface area contributed by atoms with E-state index in [1.54, 1.807) is 19.1 Å². The van der Waals surface area contributed by atoms with Gasteiger partial charge >= 0.3 is 5.97 Å². The summed E-state index contributed by atoms with van der Waals surface area (Å²) >= 11 is 6.37. The van der Waals surface area contributed by atoms with E-state index < -0.39 is 0 Å². The minimum absolute atomic E-state index is 0.00932. The molecule has 0 saturated carbocycles. The van der Waals surface area contributed by atoms with E-state index in [4.69, 9.17) is 32.2 Å². The number of hydrogen-bond donors (Lipinski definition) is 2. The number of benzene rings is 2. The van der Waals surface area contributed by atoms with Crippen molar-refractivity contribution in [3.63, 3.8) is 0 Å². The van der Waals surface area contributed by atoms with Gasteiger partial charge in [0.1, 0.15) is 17.7 Å². The average Bonchev–Trinajstić information content (AvgIpc) is 2.61. The van der Waals surface area contributed by atoms with Gasteiger partial charge in [-0.25, -0.2) is 0 Å². The Morgan fingerprint density at radius 1 is 1.35 bits per heavy atom. The van der Waals surface area contributed by atoms with Crippen molar-refractivity contribution in [2.24, 2.45) is 5.73 Å². The maximum absolute atomic E-state index is 11.6. The van der Waals surface area contributed by atoms with Crippen LogP contribution >= 0.6 is 11.6 Å². The second-order valence-electron chi connectivity index (χ2n) is 6.22. The minimum atomic E-state index is -0.227. The van der Waals surface area contributed by atoms with Crippen LogP contribution in [0.1, 0.15) is 30.9 Å². The van der Waals surface area contributed by atoms with Gasteiger partial charge in [0, 0.05) is 16.1 Å². The van der Waals surface area contributed by atoms with Crippen LogP contribution in [0.15, 0.2) is 36.4 Å². The Labute approximate surface area is 157 Å². The highest BCUT2D eigenvalue weighted by molar-refractivity contribution is 6.33. The number of esters is 1. The first-order valence-electron chi connectivity index (χ1n) is 8.57. The van der Waals surface area contributed by atoms with Crippen molar-refractivity contribution in [3.8, 4) is 16.9 Å². The quantitative estimate of drug-likeness (QED) is 0.473. The zero-order valence-corrected chi connectivity index (χ0v) is 15.3. The zero-order valence-electron chi connectivity index (χ0n) is 14.5. The van der Waals surface area contributed by atoms with E-state index in [2.05, 4.69) is 6.07 Å². The topological polar surface area (TPSA) is 85.4 Å². The first-order valence-corrected chi connectivity index (χ1v) is 8.95. The van der Waals surface area contributed by atoms with Crippen LogP contribution in [0, 0.1) is 5.41 Å². The van der Waals surface area contributed by atoms with Crippen LogP contribution in [-0.4, -0.2) is 24.5 Å². The van der Waals surface area contributed by atoms with E-state index in [1.165, 1.54) is 0 Å². The summed E-state index contributed by atoms with van der Waals surface area (Å²) in [5.74, 6) is 0.561. The molecular weight excluding hydrogens is 352 g/mol. The predicted molar refractivity (Wildman–Crippen MR) is 102 cm³/mol. The highest BCUT2D eigenvalue weighted by atomic mass is 35.5. The predicted octanol–water partition coefficient (Wildman–Crippen LogP) is 3.94. The third-order valence-electron chi connectivity index (χ3n) is 4.38. The SMILES string of the molecule is CCOC(=O)CC1CCc2cc(-c3ccc(C(=N)N)cc3Cl)ccc2O1. The average molecular weight is 373 g/mol. The molecule has 0 aliphatic carbocycles. The van der Waals surface area contributed by atoms with Crippen LogP contribution < -0.4 is 10.5 Å². The molecule has 0 bridgehead atoms. The fourth-order valence-electron chi connectivity index (χ4n) is 3.08. The summed E-state index contributed by atoms with van der Waals surface area (Å²) < 4.78 is 10.9. The molecular formula is C20H21ClN2O3. The van der Waals surface area contributed by atoms with Crippen molar-refractivity contribution < 1.29 is 14.3 Å². The molecule has 26 heavy (non-hydrogen) atoms. The Morgan fingerprint density at radius 2 is 2.15 bits per heavy atom. The van der Waals surface area contributed by atoms with Gasteiger partial charge in [0.15, 0.2) is 0 Å². The summed E-state index contributed by atoms with van der Waals surface area (Å²) in [5.41, 5.74) is 9.06. The molecule has 1 heterocycles. The van der Waals surface area contributed by atoms with Gasteiger partial charge in [-0.1, -0.05) is 29.8 Å². The molecule has 0 spiro atoms. The summed E-state index contributed by atoms with van der Waals surface area (Å²) in [6.45, 7) is 2.18. The van der Waals surface area contributed by atoms with Gasteiger partial charge in [-0.3, -0.25) is 10.2 Å². The van der Waals surface area contributed by atoms with Crippen LogP contribution in [0.25, 0.3) is 11.1 Å². The molecule has 1 aliphatic rings. The van der Waals surface area contributed by atoms with Gasteiger partial charge in [-0.2, -0.15) is 0 Å². The second kappa shape index (κ2) is 7.79. The van der Waals surface area contributed by atoms with Crippen molar-refractivity contribution in [1.29, 1.82) is 5.41 Å². The fourth-order valence-corrected chi connectivity index (χ4v) is 3.37. The minimum Gasteiger partial charge on any atom is -0.490 e. The van der Waals surface area contributed by atoms with E-state index in [1.807, 2.05) is 18.2 Å². The maximum Gasteiger partial charge on any atom is 0.309 e. The molecule has 0 saturated heterocycles. The van der Waals surface area contributed by atoms with Crippen LogP contribution in [-0.2, 0) is 16.0 Å². The molecule has 2 aromatic carbocycles. The molecule has 0 amide bonds. The van der Waals surface area contributed by atoms with E-state index in [0.717, 1.165) is 35.3 Å². The van der Waals surface area contributed by atoms with Gasteiger partial charge in [0.05, 0.1) is 13.0 Å². The normalized spacial score (nSPS) is 15.7. The van der Waals surface area contributed by atoms with E-state index in [-0.39, 0.29) is 24.3 Å². The van der Waals surface area contributed by atoms with E-state index in [0.29, 0.717) is 17.2 Å². The number of halogens is 1. The number of nitrogen functional groups attached to an aromatic ring is 1. The Hall–Kier alpha value is -2.53. The Bertz CT molecular complexity index is 851. The van der Waals surface area contributed by atoms with Crippen molar-refractivity contribution in [2.45, 2.75) is 32.3 Å². The summed E-state index contributed by atoms with van der Waals surface area (Å²) in [7, 11) is 0. The molecule has 136 valence electrons. The largest absolute Gasteiger partial charge is 0.490 e. The lowest BCUT2D eigenvalue weighted by atomic mass is 9.95. The molecule has 0 aromatic heterocycles. The number of hydrogen-bond acceptors (Lipinski definition) is 4.